The van der Waals surface area contributed by atoms with E-state index >= 15 is 0 Å². The van der Waals surface area contributed by atoms with Gasteiger partial charge in [0.05, 0.1) is 13.7 Å². The molecule has 2 nitrogen and oxygen atoms in total. The van der Waals surface area contributed by atoms with Crippen molar-refractivity contribution < 1.29 is 9.47 Å². The maximum atomic E-state index is 5.35. The van der Waals surface area contributed by atoms with Gasteiger partial charge in [-0.15, -0.1) is 0 Å². The molecule has 0 bridgehead atoms. The number of ether oxygens (including phenoxy) is 2. The fourth-order valence-electron chi connectivity index (χ4n) is 0.641. The van der Waals surface area contributed by atoms with Gasteiger partial charge in [-0.2, -0.15) is 0 Å². The summed E-state index contributed by atoms with van der Waals surface area (Å²) in [5.74, 6) is 1.18. The van der Waals surface area contributed by atoms with E-state index in [1.165, 1.54) is 0 Å². The first-order valence-electron chi connectivity index (χ1n) is 4.95. The fraction of sp³-hybridized carbons (Fsp3) is 0.500. The third-order valence-corrected chi connectivity index (χ3v) is 1.25. The molecule has 0 aliphatic rings. The summed E-state index contributed by atoms with van der Waals surface area (Å²) in [6, 6.07) is 0. The van der Waals surface area contributed by atoms with Gasteiger partial charge in [-0.25, -0.2) is 0 Å². The lowest BCUT2D eigenvalue weighted by Crippen LogP contribution is -1.98. The Kier molecular flexibility index (Phi) is 12.9. The Morgan fingerprint density at radius 1 is 1.36 bits per heavy atom. The Morgan fingerprint density at radius 3 is 2.29 bits per heavy atom. The third kappa shape index (κ3) is 7.47. The molecule has 0 aliphatic heterocycles. The Hall–Kier alpha value is -1.18. The second-order valence-electron chi connectivity index (χ2n) is 2.24. The van der Waals surface area contributed by atoms with E-state index in [0.29, 0.717) is 18.1 Å². The number of rotatable bonds is 6. The monoisotopic (exact) mass is 198 g/mol. The zero-order valence-corrected chi connectivity index (χ0v) is 9.80. The Labute approximate surface area is 87.9 Å². The van der Waals surface area contributed by atoms with E-state index in [2.05, 4.69) is 13.2 Å². The Morgan fingerprint density at radius 2 is 1.93 bits per heavy atom. The van der Waals surface area contributed by atoms with Crippen molar-refractivity contribution in [2.45, 2.75) is 27.2 Å². The zero-order valence-electron chi connectivity index (χ0n) is 9.80. The van der Waals surface area contributed by atoms with Crippen LogP contribution >= 0.6 is 0 Å². The van der Waals surface area contributed by atoms with Gasteiger partial charge < -0.3 is 9.47 Å². The van der Waals surface area contributed by atoms with Gasteiger partial charge in [0, 0.05) is 0 Å². The molecule has 14 heavy (non-hydrogen) atoms. The van der Waals surface area contributed by atoms with Crippen LogP contribution < -0.4 is 0 Å². The molecule has 0 heterocycles. The summed E-state index contributed by atoms with van der Waals surface area (Å²) >= 11 is 0. The smallest absolute Gasteiger partial charge is 0.160 e. The zero-order chi connectivity index (χ0) is 11.4. The van der Waals surface area contributed by atoms with Crippen LogP contribution in [0.15, 0.2) is 36.8 Å². The van der Waals surface area contributed by atoms with Gasteiger partial charge in [-0.1, -0.05) is 40.0 Å². The van der Waals surface area contributed by atoms with Crippen molar-refractivity contribution in [2.75, 3.05) is 13.7 Å². The molecule has 0 saturated heterocycles. The molecule has 0 aliphatic carbocycles. The molecule has 2 heteroatoms. The molecule has 0 radical (unpaired) electrons. The summed E-state index contributed by atoms with van der Waals surface area (Å²) in [5.41, 5.74) is 0. The minimum absolute atomic E-state index is 0.531. The summed E-state index contributed by atoms with van der Waals surface area (Å²) < 4.78 is 10.3. The molecule has 0 atom stereocenters. The van der Waals surface area contributed by atoms with Gasteiger partial charge in [0.25, 0.3) is 0 Å². The molecule has 0 aromatic heterocycles. The highest BCUT2D eigenvalue weighted by atomic mass is 16.5. The highest BCUT2D eigenvalue weighted by Crippen LogP contribution is 2.10. The first-order valence-corrected chi connectivity index (χ1v) is 4.95. The van der Waals surface area contributed by atoms with E-state index in [-0.39, 0.29) is 0 Å². The predicted molar refractivity (Wildman–Crippen MR) is 62.0 cm³/mol. The van der Waals surface area contributed by atoms with E-state index in [1.54, 1.807) is 19.3 Å². The van der Waals surface area contributed by atoms with Gasteiger partial charge in [-0.3, -0.25) is 0 Å². The van der Waals surface area contributed by atoms with Crippen LogP contribution in [-0.4, -0.2) is 13.7 Å². The maximum absolute atomic E-state index is 5.35. The summed E-state index contributed by atoms with van der Waals surface area (Å²) in [6.45, 7) is 14.0. The standard InChI is InChI=1S/C10H16O2.C2H6/c1-5-7-10(9(3)11-4)12-8-6-2;1-2/h5,7H,1,3,6,8H2,2,4H3;1-2H3/b10-7+;. The SMILES string of the molecule is C=C/C=C(/OCCC)C(=C)OC.CC. The van der Waals surface area contributed by atoms with Crippen molar-refractivity contribution >= 4 is 0 Å². The van der Waals surface area contributed by atoms with E-state index in [4.69, 9.17) is 9.47 Å². The molecule has 0 aromatic rings. The van der Waals surface area contributed by atoms with Crippen LogP contribution in [0.5, 0.6) is 0 Å². The topological polar surface area (TPSA) is 18.5 Å². The van der Waals surface area contributed by atoms with Crippen LogP contribution in [0.4, 0.5) is 0 Å². The molecule has 0 fully saturated rings. The van der Waals surface area contributed by atoms with E-state index in [0.717, 1.165) is 6.42 Å². The van der Waals surface area contributed by atoms with Crippen molar-refractivity contribution in [2.24, 2.45) is 0 Å². The van der Waals surface area contributed by atoms with Crippen LogP contribution in [0.2, 0.25) is 0 Å². The highest BCUT2D eigenvalue weighted by molar-refractivity contribution is 5.20. The molecule has 0 spiro atoms. The van der Waals surface area contributed by atoms with Crippen molar-refractivity contribution in [3.63, 3.8) is 0 Å². The van der Waals surface area contributed by atoms with Crippen LogP contribution in [0.25, 0.3) is 0 Å². The molecule has 0 rings (SSSR count). The van der Waals surface area contributed by atoms with Gasteiger partial charge in [0.1, 0.15) is 0 Å². The molecule has 0 unspecified atom stereocenters. The van der Waals surface area contributed by atoms with E-state index in [1.807, 2.05) is 20.8 Å². The number of hydrogen-bond acceptors (Lipinski definition) is 2. The van der Waals surface area contributed by atoms with Gasteiger partial charge in [-0.05, 0) is 12.5 Å². The average molecular weight is 198 g/mol. The number of allylic oxidation sites excluding steroid dienone is 2. The molecule has 82 valence electrons. The first-order chi connectivity index (χ1) is 6.76. The van der Waals surface area contributed by atoms with Crippen LogP contribution in [0.1, 0.15) is 27.2 Å². The average Bonchev–Trinajstić information content (AvgIpc) is 2.26. The lowest BCUT2D eigenvalue weighted by molar-refractivity contribution is 0.177. The summed E-state index contributed by atoms with van der Waals surface area (Å²) in [4.78, 5) is 0. The fourth-order valence-corrected chi connectivity index (χ4v) is 0.641. The Balaban J connectivity index is 0. The van der Waals surface area contributed by atoms with Crippen molar-refractivity contribution in [1.82, 2.24) is 0 Å². The van der Waals surface area contributed by atoms with Crippen LogP contribution in [0, 0.1) is 0 Å². The first kappa shape index (κ1) is 15.3. The van der Waals surface area contributed by atoms with Crippen molar-refractivity contribution in [3.05, 3.63) is 36.8 Å². The lowest BCUT2D eigenvalue weighted by atomic mass is 10.4. The number of hydrogen-bond donors (Lipinski definition) is 0. The maximum Gasteiger partial charge on any atom is 0.160 e. The minimum Gasteiger partial charge on any atom is -0.493 e. The normalized spacial score (nSPS) is 9.57. The molecule has 0 aromatic carbocycles. The van der Waals surface area contributed by atoms with Gasteiger partial charge in [0.2, 0.25) is 0 Å². The van der Waals surface area contributed by atoms with Gasteiger partial charge >= 0.3 is 0 Å². The summed E-state index contributed by atoms with van der Waals surface area (Å²) in [6.07, 6.45) is 4.35. The molecular weight excluding hydrogens is 176 g/mol. The predicted octanol–water partition coefficient (Wildman–Crippen LogP) is 3.67. The van der Waals surface area contributed by atoms with Crippen molar-refractivity contribution in [3.8, 4) is 0 Å². The van der Waals surface area contributed by atoms with E-state index < -0.39 is 0 Å². The lowest BCUT2D eigenvalue weighted by Gasteiger charge is -2.09. The molecular formula is C12H22O2. The van der Waals surface area contributed by atoms with Crippen LogP contribution in [0.3, 0.4) is 0 Å². The Bertz CT molecular complexity index is 181. The summed E-state index contributed by atoms with van der Waals surface area (Å²) in [5, 5.41) is 0. The van der Waals surface area contributed by atoms with Crippen LogP contribution in [-0.2, 0) is 9.47 Å². The van der Waals surface area contributed by atoms with Crippen molar-refractivity contribution in [1.29, 1.82) is 0 Å². The van der Waals surface area contributed by atoms with Gasteiger partial charge in [0.15, 0.2) is 11.5 Å². The second kappa shape index (κ2) is 11.8. The second-order valence-corrected chi connectivity index (χ2v) is 2.24. The minimum atomic E-state index is 0.531. The number of methoxy groups -OCH3 is 1. The third-order valence-electron chi connectivity index (χ3n) is 1.25. The molecule has 0 saturated carbocycles. The quantitative estimate of drug-likeness (QED) is 0.479. The molecule has 0 N–H and O–H groups in total. The summed E-state index contributed by atoms with van der Waals surface area (Å²) in [7, 11) is 1.56. The van der Waals surface area contributed by atoms with E-state index in [9.17, 15) is 0 Å². The largest absolute Gasteiger partial charge is 0.493 e. The molecule has 0 amide bonds. The highest BCUT2D eigenvalue weighted by Gasteiger charge is 2.01.